The second-order valence-electron chi connectivity index (χ2n) is 2.67. The van der Waals surface area contributed by atoms with Crippen molar-refractivity contribution in [3.63, 3.8) is 0 Å². The van der Waals surface area contributed by atoms with E-state index in [4.69, 9.17) is 10.5 Å². The van der Waals surface area contributed by atoms with E-state index in [9.17, 15) is 4.79 Å². The minimum absolute atomic E-state index is 0.447. The van der Waals surface area contributed by atoms with Crippen molar-refractivity contribution in [2.45, 2.75) is 6.92 Å². The van der Waals surface area contributed by atoms with Crippen molar-refractivity contribution in [1.29, 1.82) is 0 Å². The van der Waals surface area contributed by atoms with Gasteiger partial charge in [0.05, 0.1) is 12.7 Å². The summed E-state index contributed by atoms with van der Waals surface area (Å²) in [5, 5.41) is 0. The molecule has 0 saturated carbocycles. The van der Waals surface area contributed by atoms with Crippen LogP contribution in [0, 0.1) is 6.92 Å². The Morgan fingerprint density at radius 3 is 2.62 bits per heavy atom. The van der Waals surface area contributed by atoms with Crippen LogP contribution in [0.3, 0.4) is 0 Å². The summed E-state index contributed by atoms with van der Waals surface area (Å²) in [6.07, 6.45) is 0. The minimum atomic E-state index is -0.447. The van der Waals surface area contributed by atoms with Crippen LogP contribution in [0.4, 0.5) is 0 Å². The molecule has 0 aliphatic heterocycles. The van der Waals surface area contributed by atoms with Gasteiger partial charge in [-0.3, -0.25) is 4.79 Å². The van der Waals surface area contributed by atoms with E-state index in [2.05, 4.69) is 15.9 Å². The fraction of sp³-hybridized carbons (Fsp3) is 0.222. The zero-order chi connectivity index (χ0) is 10.0. The highest BCUT2D eigenvalue weighted by molar-refractivity contribution is 9.10. The summed E-state index contributed by atoms with van der Waals surface area (Å²) in [7, 11) is 1.58. The highest BCUT2D eigenvalue weighted by Crippen LogP contribution is 2.26. The zero-order valence-corrected chi connectivity index (χ0v) is 9.01. The molecule has 0 bridgehead atoms. The molecule has 4 heteroatoms. The molecule has 0 atom stereocenters. The predicted molar refractivity (Wildman–Crippen MR) is 53.9 cm³/mol. The molecule has 0 spiro atoms. The molecule has 3 nitrogen and oxygen atoms in total. The Hall–Kier alpha value is -1.03. The molecule has 0 saturated heterocycles. The number of ether oxygens (including phenoxy) is 1. The highest BCUT2D eigenvalue weighted by Gasteiger charge is 2.09. The molecule has 0 fully saturated rings. The quantitative estimate of drug-likeness (QED) is 0.863. The molecule has 2 N–H and O–H groups in total. The monoisotopic (exact) mass is 243 g/mol. The maximum absolute atomic E-state index is 10.9. The van der Waals surface area contributed by atoms with E-state index in [0.717, 1.165) is 11.3 Å². The third-order valence-electron chi connectivity index (χ3n) is 1.75. The molecular weight excluding hydrogens is 234 g/mol. The summed E-state index contributed by atoms with van der Waals surface area (Å²) in [4.78, 5) is 10.9. The van der Waals surface area contributed by atoms with Crippen molar-refractivity contribution < 1.29 is 9.53 Å². The molecule has 0 heterocycles. The maximum Gasteiger partial charge on any atom is 0.249 e. The zero-order valence-electron chi connectivity index (χ0n) is 7.43. The minimum Gasteiger partial charge on any atom is -0.496 e. The summed E-state index contributed by atoms with van der Waals surface area (Å²) in [5.41, 5.74) is 6.52. The number of halogens is 1. The summed E-state index contributed by atoms with van der Waals surface area (Å²) >= 11 is 3.24. The first-order valence-corrected chi connectivity index (χ1v) is 4.49. The third kappa shape index (κ3) is 2.01. The second kappa shape index (κ2) is 3.79. The molecule has 13 heavy (non-hydrogen) atoms. The number of benzene rings is 1. The fourth-order valence-corrected chi connectivity index (χ4v) is 1.59. The molecule has 1 aromatic carbocycles. The number of amides is 1. The first-order valence-electron chi connectivity index (χ1n) is 3.70. The summed E-state index contributed by atoms with van der Waals surface area (Å²) < 4.78 is 5.73. The molecule has 0 aliphatic rings. The lowest BCUT2D eigenvalue weighted by atomic mass is 10.1. The van der Waals surface area contributed by atoms with Crippen molar-refractivity contribution in [1.82, 2.24) is 0 Å². The van der Waals surface area contributed by atoms with Gasteiger partial charge in [-0.15, -0.1) is 0 Å². The van der Waals surface area contributed by atoms with Crippen LogP contribution in [0.2, 0.25) is 0 Å². The molecule has 1 rings (SSSR count). The van der Waals surface area contributed by atoms with Gasteiger partial charge in [0.25, 0.3) is 0 Å². The first-order chi connectivity index (χ1) is 6.06. The van der Waals surface area contributed by atoms with Crippen LogP contribution in [-0.4, -0.2) is 13.0 Å². The maximum atomic E-state index is 10.9. The molecule has 0 aromatic heterocycles. The van der Waals surface area contributed by atoms with E-state index >= 15 is 0 Å². The average Bonchev–Trinajstić information content (AvgIpc) is 2.07. The van der Waals surface area contributed by atoms with Crippen LogP contribution in [0.25, 0.3) is 0 Å². The number of rotatable bonds is 2. The number of aryl methyl sites for hydroxylation is 1. The van der Waals surface area contributed by atoms with Crippen LogP contribution in [0.1, 0.15) is 15.9 Å². The Morgan fingerprint density at radius 1 is 1.54 bits per heavy atom. The van der Waals surface area contributed by atoms with Gasteiger partial charge in [0, 0.05) is 4.47 Å². The molecule has 0 unspecified atom stereocenters. The molecule has 0 radical (unpaired) electrons. The van der Waals surface area contributed by atoms with Crippen LogP contribution in [-0.2, 0) is 0 Å². The molecule has 0 aliphatic carbocycles. The van der Waals surface area contributed by atoms with Crippen LogP contribution < -0.4 is 10.5 Å². The molecule has 70 valence electrons. The topological polar surface area (TPSA) is 52.3 Å². The Balaban J connectivity index is 3.28. The van der Waals surface area contributed by atoms with E-state index in [0.29, 0.717) is 10.0 Å². The number of nitrogens with two attached hydrogens (primary N) is 1. The van der Waals surface area contributed by atoms with Crippen LogP contribution in [0.5, 0.6) is 5.75 Å². The summed E-state index contributed by atoms with van der Waals surface area (Å²) in [5.74, 6) is 0.287. The van der Waals surface area contributed by atoms with Gasteiger partial charge in [-0.25, -0.2) is 0 Å². The van der Waals surface area contributed by atoms with E-state index in [1.165, 1.54) is 0 Å². The lowest BCUT2D eigenvalue weighted by molar-refractivity contribution is 0.0999. The number of hydrogen-bond donors (Lipinski definition) is 1. The number of hydrogen-bond acceptors (Lipinski definition) is 2. The van der Waals surface area contributed by atoms with Gasteiger partial charge in [-0.2, -0.15) is 0 Å². The Kier molecular flexibility index (Phi) is 2.93. The largest absolute Gasteiger partial charge is 0.496 e. The molecule has 1 amide bonds. The summed E-state index contributed by atoms with van der Waals surface area (Å²) in [6, 6.07) is 3.43. The molecule has 1 aromatic rings. The first kappa shape index (κ1) is 10.1. The predicted octanol–water partition coefficient (Wildman–Crippen LogP) is 1.87. The second-order valence-corrected chi connectivity index (χ2v) is 3.52. The number of carbonyl (C=O) groups excluding carboxylic acids is 1. The number of primary amides is 1. The van der Waals surface area contributed by atoms with E-state index in [-0.39, 0.29) is 0 Å². The van der Waals surface area contributed by atoms with Crippen LogP contribution >= 0.6 is 15.9 Å². The SMILES string of the molecule is COc1cc(Br)c(C(N)=O)cc1C. The molecular formula is C9H10BrNO2. The fourth-order valence-electron chi connectivity index (χ4n) is 1.07. The lowest BCUT2D eigenvalue weighted by Gasteiger charge is -2.07. The van der Waals surface area contributed by atoms with Gasteiger partial charge < -0.3 is 10.5 Å². The highest BCUT2D eigenvalue weighted by atomic mass is 79.9. The van der Waals surface area contributed by atoms with Crippen molar-refractivity contribution in [2.24, 2.45) is 5.73 Å². The smallest absolute Gasteiger partial charge is 0.249 e. The summed E-state index contributed by atoms with van der Waals surface area (Å²) in [6.45, 7) is 1.86. The Labute approximate surface area is 85.0 Å². The van der Waals surface area contributed by atoms with Crippen molar-refractivity contribution in [3.8, 4) is 5.75 Å². The van der Waals surface area contributed by atoms with Crippen molar-refractivity contribution in [2.75, 3.05) is 7.11 Å². The van der Waals surface area contributed by atoms with Crippen molar-refractivity contribution >= 4 is 21.8 Å². The third-order valence-corrected chi connectivity index (χ3v) is 2.41. The number of carbonyl (C=O) groups is 1. The van der Waals surface area contributed by atoms with Gasteiger partial charge in [0.2, 0.25) is 5.91 Å². The van der Waals surface area contributed by atoms with Gasteiger partial charge in [-0.1, -0.05) is 0 Å². The van der Waals surface area contributed by atoms with E-state index < -0.39 is 5.91 Å². The standard InChI is InChI=1S/C9H10BrNO2/c1-5-3-6(9(11)12)7(10)4-8(5)13-2/h3-4H,1-2H3,(H2,11,12). The van der Waals surface area contributed by atoms with E-state index in [1.54, 1.807) is 19.2 Å². The van der Waals surface area contributed by atoms with Gasteiger partial charge >= 0.3 is 0 Å². The van der Waals surface area contributed by atoms with Crippen molar-refractivity contribution in [3.05, 3.63) is 27.7 Å². The Morgan fingerprint density at radius 2 is 2.15 bits per heavy atom. The van der Waals surface area contributed by atoms with Gasteiger partial charge in [0.1, 0.15) is 5.75 Å². The number of methoxy groups -OCH3 is 1. The Bertz CT molecular complexity index is 350. The van der Waals surface area contributed by atoms with E-state index in [1.807, 2.05) is 6.92 Å². The lowest BCUT2D eigenvalue weighted by Crippen LogP contribution is -2.12. The van der Waals surface area contributed by atoms with Crippen LogP contribution in [0.15, 0.2) is 16.6 Å². The normalized spacial score (nSPS) is 9.77. The average molecular weight is 244 g/mol. The van der Waals surface area contributed by atoms with Gasteiger partial charge in [0.15, 0.2) is 0 Å². The van der Waals surface area contributed by atoms with Gasteiger partial charge in [-0.05, 0) is 40.5 Å².